The Kier molecular flexibility index (Phi) is 3.35. The summed E-state index contributed by atoms with van der Waals surface area (Å²) >= 11 is 1.77. The van der Waals surface area contributed by atoms with Crippen LogP contribution in [-0.2, 0) is 0 Å². The molecule has 0 saturated heterocycles. The number of hydrogen-bond acceptors (Lipinski definition) is 2. The minimum atomic E-state index is -2.75. The van der Waals surface area contributed by atoms with Gasteiger partial charge in [0.2, 0.25) is 0 Å². The van der Waals surface area contributed by atoms with E-state index in [9.17, 15) is 13.6 Å². The number of aromatic nitrogens is 1. The molecule has 0 unspecified atom stereocenters. The lowest BCUT2D eigenvalue weighted by Gasteiger charge is -2.05. The molecule has 0 aliphatic heterocycles. The second kappa shape index (κ2) is 4.16. The number of hydrogen-bond donors (Lipinski definition) is 1. The molecule has 1 heterocycles. The van der Waals surface area contributed by atoms with Crippen LogP contribution < -0.4 is 0 Å². The molecule has 0 spiro atoms. The minimum absolute atomic E-state index is 0.319. The maximum atomic E-state index is 12.3. The Labute approximate surface area is 92.3 Å². The van der Waals surface area contributed by atoms with E-state index in [1.165, 1.54) is 6.07 Å². The van der Waals surface area contributed by atoms with Crippen molar-refractivity contribution in [3.05, 3.63) is 26.6 Å². The molecule has 0 aliphatic carbocycles. The highest BCUT2D eigenvalue weighted by molar-refractivity contribution is 14.1. The molecule has 1 N–H and O–H groups in total. The van der Waals surface area contributed by atoms with Gasteiger partial charge in [0, 0.05) is 3.57 Å². The topological polar surface area (TPSA) is 50.2 Å². The van der Waals surface area contributed by atoms with Gasteiger partial charge in [-0.15, -0.1) is 0 Å². The fourth-order valence-electron chi connectivity index (χ4n) is 0.936. The van der Waals surface area contributed by atoms with Gasteiger partial charge in [-0.05, 0) is 41.1 Å². The molecule has 1 aromatic rings. The molecular formula is C8H6F2INO2. The van der Waals surface area contributed by atoms with Crippen molar-refractivity contribution >= 4 is 28.6 Å². The summed E-state index contributed by atoms with van der Waals surface area (Å²) in [5, 5.41) is 8.68. The smallest absolute Gasteiger partial charge is 0.355 e. The first-order valence-corrected chi connectivity index (χ1v) is 4.70. The van der Waals surface area contributed by atoms with Gasteiger partial charge in [-0.1, -0.05) is 0 Å². The number of nitrogens with zero attached hydrogens (tertiary/aromatic N) is 1. The fourth-order valence-corrected chi connectivity index (χ4v) is 1.44. The quantitative estimate of drug-likeness (QED) is 0.854. The summed E-state index contributed by atoms with van der Waals surface area (Å²) in [6, 6.07) is 1.19. The summed E-state index contributed by atoms with van der Waals surface area (Å²) in [4.78, 5) is 14.0. The third-order valence-electron chi connectivity index (χ3n) is 1.59. The highest BCUT2D eigenvalue weighted by atomic mass is 127. The largest absolute Gasteiger partial charge is 0.476 e. The number of aromatic carboxylic acids is 1. The van der Waals surface area contributed by atoms with Crippen LogP contribution in [0.15, 0.2) is 6.07 Å². The molecule has 0 bridgehead atoms. The first-order valence-electron chi connectivity index (χ1n) is 3.62. The zero-order valence-corrected chi connectivity index (χ0v) is 9.25. The fraction of sp³-hybridized carbons (Fsp3) is 0.250. The molecule has 76 valence electrons. The predicted molar refractivity (Wildman–Crippen MR) is 53.6 cm³/mol. The summed E-state index contributed by atoms with van der Waals surface area (Å²) in [6.45, 7) is 1.57. The van der Waals surface area contributed by atoms with E-state index in [2.05, 4.69) is 4.98 Å². The average Bonchev–Trinajstić information content (AvgIpc) is 2.08. The van der Waals surface area contributed by atoms with Crippen LogP contribution >= 0.6 is 22.6 Å². The number of alkyl halides is 2. The summed E-state index contributed by atoms with van der Waals surface area (Å²) in [6.07, 6.45) is -2.75. The van der Waals surface area contributed by atoms with Gasteiger partial charge in [0.1, 0.15) is 5.69 Å². The lowest BCUT2D eigenvalue weighted by molar-refractivity contribution is 0.0687. The van der Waals surface area contributed by atoms with Gasteiger partial charge in [-0.25, -0.2) is 18.6 Å². The van der Waals surface area contributed by atoms with E-state index >= 15 is 0 Å². The second-order valence-corrected chi connectivity index (χ2v) is 3.71. The number of carboxylic acids is 1. The van der Waals surface area contributed by atoms with E-state index in [4.69, 9.17) is 5.11 Å². The van der Waals surface area contributed by atoms with Gasteiger partial charge in [-0.2, -0.15) is 0 Å². The molecular weight excluding hydrogens is 307 g/mol. The normalized spacial score (nSPS) is 10.6. The first kappa shape index (κ1) is 11.3. The Bertz CT molecular complexity index is 382. The molecule has 14 heavy (non-hydrogen) atoms. The van der Waals surface area contributed by atoms with E-state index in [1.54, 1.807) is 29.5 Å². The first-order chi connectivity index (χ1) is 6.43. The molecule has 6 heteroatoms. The van der Waals surface area contributed by atoms with Gasteiger partial charge in [0.15, 0.2) is 5.69 Å². The monoisotopic (exact) mass is 313 g/mol. The van der Waals surface area contributed by atoms with Gasteiger partial charge in [0.05, 0.1) is 0 Å². The van der Waals surface area contributed by atoms with Crippen LogP contribution in [0.4, 0.5) is 8.78 Å². The van der Waals surface area contributed by atoms with E-state index < -0.39 is 18.1 Å². The number of halogens is 3. The Balaban J connectivity index is 3.35. The van der Waals surface area contributed by atoms with E-state index in [0.717, 1.165) is 0 Å². The number of pyridine rings is 1. The average molecular weight is 313 g/mol. The number of carboxylic acid groups (broad SMARTS) is 1. The summed E-state index contributed by atoms with van der Waals surface area (Å²) < 4.78 is 24.9. The summed E-state index contributed by atoms with van der Waals surface area (Å²) in [5.41, 5.74) is -0.325. The van der Waals surface area contributed by atoms with Crippen molar-refractivity contribution in [1.29, 1.82) is 0 Å². The SMILES string of the molecule is Cc1cc(C(F)F)nc(C(=O)O)c1I. The van der Waals surface area contributed by atoms with Crippen molar-refractivity contribution in [1.82, 2.24) is 4.98 Å². The highest BCUT2D eigenvalue weighted by Gasteiger charge is 2.18. The maximum absolute atomic E-state index is 12.3. The number of rotatable bonds is 2. The van der Waals surface area contributed by atoms with Crippen LogP contribution in [-0.4, -0.2) is 16.1 Å². The summed E-state index contributed by atoms with van der Waals surface area (Å²) in [5.74, 6) is -1.29. The molecule has 0 radical (unpaired) electrons. The molecule has 0 fully saturated rings. The van der Waals surface area contributed by atoms with E-state index in [-0.39, 0.29) is 5.69 Å². The standard InChI is InChI=1S/C8H6F2INO2/c1-3-2-4(7(9)10)12-6(5(3)11)8(13)14/h2,7H,1H3,(H,13,14). The van der Waals surface area contributed by atoms with Gasteiger partial charge < -0.3 is 5.11 Å². The van der Waals surface area contributed by atoms with Gasteiger partial charge in [0.25, 0.3) is 6.43 Å². The zero-order valence-electron chi connectivity index (χ0n) is 7.09. The predicted octanol–water partition coefficient (Wildman–Crippen LogP) is 2.63. The summed E-state index contributed by atoms with van der Waals surface area (Å²) in [7, 11) is 0. The lowest BCUT2D eigenvalue weighted by atomic mass is 10.2. The number of carbonyl (C=O) groups is 1. The van der Waals surface area contributed by atoms with Crippen molar-refractivity contribution < 1.29 is 18.7 Å². The van der Waals surface area contributed by atoms with Crippen molar-refractivity contribution in [2.75, 3.05) is 0 Å². The third kappa shape index (κ3) is 2.17. The maximum Gasteiger partial charge on any atom is 0.355 e. The molecule has 0 aliphatic rings. The lowest BCUT2D eigenvalue weighted by Crippen LogP contribution is -2.08. The van der Waals surface area contributed by atoms with Crippen LogP contribution in [0, 0.1) is 10.5 Å². The number of aryl methyl sites for hydroxylation is 1. The van der Waals surface area contributed by atoms with Crippen molar-refractivity contribution in [3.8, 4) is 0 Å². The molecule has 1 rings (SSSR count). The van der Waals surface area contributed by atoms with Crippen LogP contribution in [0.1, 0.15) is 28.2 Å². The molecule has 0 saturated carbocycles. The Hall–Kier alpha value is -0.790. The zero-order chi connectivity index (χ0) is 10.9. The Morgan fingerprint density at radius 2 is 2.21 bits per heavy atom. The minimum Gasteiger partial charge on any atom is -0.476 e. The van der Waals surface area contributed by atoms with Crippen molar-refractivity contribution in [3.63, 3.8) is 0 Å². The van der Waals surface area contributed by atoms with Crippen molar-refractivity contribution in [2.24, 2.45) is 0 Å². The molecule has 1 aromatic heterocycles. The Morgan fingerprint density at radius 1 is 1.64 bits per heavy atom. The Morgan fingerprint density at radius 3 is 2.64 bits per heavy atom. The molecule has 0 atom stereocenters. The molecule has 0 amide bonds. The van der Waals surface area contributed by atoms with Crippen molar-refractivity contribution in [2.45, 2.75) is 13.3 Å². The third-order valence-corrected chi connectivity index (χ3v) is 2.95. The van der Waals surface area contributed by atoms with Crippen LogP contribution in [0.25, 0.3) is 0 Å². The molecule has 0 aromatic carbocycles. The van der Waals surface area contributed by atoms with E-state index in [0.29, 0.717) is 9.13 Å². The molecule has 3 nitrogen and oxygen atoms in total. The van der Waals surface area contributed by atoms with Gasteiger partial charge in [-0.3, -0.25) is 0 Å². The highest BCUT2D eigenvalue weighted by Crippen LogP contribution is 2.22. The van der Waals surface area contributed by atoms with Crippen LogP contribution in [0.5, 0.6) is 0 Å². The van der Waals surface area contributed by atoms with Crippen LogP contribution in [0.3, 0.4) is 0 Å². The van der Waals surface area contributed by atoms with Gasteiger partial charge >= 0.3 is 5.97 Å². The van der Waals surface area contributed by atoms with Crippen LogP contribution in [0.2, 0.25) is 0 Å². The van der Waals surface area contributed by atoms with E-state index in [1.807, 2.05) is 0 Å². The second-order valence-electron chi connectivity index (χ2n) is 2.63.